The quantitative estimate of drug-likeness (QED) is 0.658. The van der Waals surface area contributed by atoms with E-state index in [1.807, 2.05) is 4.90 Å². The number of benzene rings is 1. The van der Waals surface area contributed by atoms with Crippen LogP contribution in [0.1, 0.15) is 47.3 Å². The van der Waals surface area contributed by atoms with Gasteiger partial charge in [-0.05, 0) is 72.7 Å². The Balaban J connectivity index is 1.22. The highest BCUT2D eigenvalue weighted by atomic mass is 32.1. The van der Waals surface area contributed by atoms with Crippen LogP contribution in [0.4, 0.5) is 15.3 Å². The molecule has 36 heavy (non-hydrogen) atoms. The van der Waals surface area contributed by atoms with Crippen LogP contribution in [0.3, 0.4) is 0 Å². The highest BCUT2D eigenvalue weighted by molar-refractivity contribution is 7.10. The van der Waals surface area contributed by atoms with E-state index in [9.17, 15) is 19.2 Å². The summed E-state index contributed by atoms with van der Waals surface area (Å²) in [7, 11) is 1.53. The molecule has 2 aromatic rings. The molecule has 2 aliphatic heterocycles. The number of urea groups is 1. The smallest absolute Gasteiger partial charge is 0.418 e. The van der Waals surface area contributed by atoms with E-state index in [-0.39, 0.29) is 24.5 Å². The molecule has 2 aliphatic carbocycles. The number of ether oxygens (including phenoxy) is 1. The van der Waals surface area contributed by atoms with Crippen LogP contribution in [-0.2, 0) is 39.3 Å². The number of nitrogens with zero attached hydrogens (tertiary/aromatic N) is 2. The van der Waals surface area contributed by atoms with Crippen molar-refractivity contribution >= 4 is 41.0 Å². The van der Waals surface area contributed by atoms with Gasteiger partial charge in [0, 0.05) is 35.6 Å². The monoisotopic (exact) mass is 508 g/mol. The predicted octanol–water partition coefficient (Wildman–Crippen LogP) is 3.37. The first-order valence-corrected chi connectivity index (χ1v) is 13.3. The summed E-state index contributed by atoms with van der Waals surface area (Å²) in [6.45, 7) is 0.216. The van der Waals surface area contributed by atoms with Gasteiger partial charge >= 0.3 is 12.1 Å². The fraction of sp³-hybridized carbons (Fsp3) is 0.462. The molecule has 1 saturated carbocycles. The van der Waals surface area contributed by atoms with Gasteiger partial charge in [0.15, 0.2) is 0 Å². The average Bonchev–Trinajstić information content (AvgIpc) is 3.50. The molecule has 4 aliphatic rings. The lowest BCUT2D eigenvalue weighted by Gasteiger charge is -2.31. The second-order valence-electron chi connectivity index (χ2n) is 10.00. The van der Waals surface area contributed by atoms with Crippen LogP contribution in [-0.4, -0.2) is 53.4 Å². The number of carbonyl (C=O) groups excluding carboxylic acids is 4. The lowest BCUT2D eigenvalue weighted by atomic mass is 9.94. The highest BCUT2D eigenvalue weighted by Crippen LogP contribution is 2.46. The van der Waals surface area contributed by atoms with Crippen LogP contribution in [0.25, 0.3) is 0 Å². The number of imide groups is 1. The van der Waals surface area contributed by atoms with Crippen LogP contribution >= 0.6 is 11.3 Å². The molecule has 0 radical (unpaired) electrons. The van der Waals surface area contributed by atoms with Gasteiger partial charge in [0.1, 0.15) is 6.54 Å². The predicted molar refractivity (Wildman–Crippen MR) is 132 cm³/mol. The average molecular weight is 509 g/mol. The van der Waals surface area contributed by atoms with E-state index in [1.165, 1.54) is 17.5 Å². The van der Waals surface area contributed by atoms with Gasteiger partial charge in [-0.1, -0.05) is 6.07 Å². The van der Waals surface area contributed by atoms with Crippen molar-refractivity contribution in [2.45, 2.75) is 56.7 Å². The number of hydrogen-bond donors (Lipinski definition) is 2. The minimum Gasteiger partial charge on any atom is -0.427 e. The van der Waals surface area contributed by atoms with Gasteiger partial charge in [-0.2, -0.15) is 0 Å². The van der Waals surface area contributed by atoms with E-state index in [4.69, 9.17) is 4.74 Å². The van der Waals surface area contributed by atoms with Crippen LogP contribution in [0.2, 0.25) is 0 Å². The Hall–Kier alpha value is -3.40. The molecular weight excluding hydrogens is 480 g/mol. The molecule has 1 aromatic carbocycles. The summed E-state index contributed by atoms with van der Waals surface area (Å²) >= 11 is 1.66. The van der Waals surface area contributed by atoms with E-state index < -0.39 is 17.6 Å². The molecule has 1 spiro atoms. The van der Waals surface area contributed by atoms with E-state index in [0.29, 0.717) is 36.6 Å². The number of hydrogen-bond acceptors (Lipinski definition) is 6. The van der Waals surface area contributed by atoms with Crippen molar-refractivity contribution in [3.05, 3.63) is 51.2 Å². The molecule has 5 amide bonds. The Morgan fingerprint density at radius 2 is 1.97 bits per heavy atom. The molecule has 1 aromatic heterocycles. The van der Waals surface area contributed by atoms with Crippen molar-refractivity contribution < 1.29 is 23.9 Å². The topological polar surface area (TPSA) is 108 Å². The van der Waals surface area contributed by atoms with E-state index in [0.717, 1.165) is 36.1 Å². The zero-order chi connectivity index (χ0) is 25.0. The lowest BCUT2D eigenvalue weighted by molar-refractivity contribution is -0.143. The molecule has 2 N–H and O–H groups in total. The molecule has 188 valence electrons. The molecule has 6 rings (SSSR count). The third kappa shape index (κ3) is 3.75. The Morgan fingerprint density at radius 1 is 1.14 bits per heavy atom. The van der Waals surface area contributed by atoms with Gasteiger partial charge in [0.2, 0.25) is 11.5 Å². The van der Waals surface area contributed by atoms with E-state index >= 15 is 0 Å². The molecule has 3 heterocycles. The number of thiophene rings is 1. The Bertz CT molecular complexity index is 1270. The summed E-state index contributed by atoms with van der Waals surface area (Å²) in [5.74, 6) is -0.199. The van der Waals surface area contributed by atoms with Crippen LogP contribution in [0.5, 0.6) is 0 Å². The first kappa shape index (κ1) is 23.0. The van der Waals surface area contributed by atoms with Gasteiger partial charge < -0.3 is 20.3 Å². The summed E-state index contributed by atoms with van der Waals surface area (Å²) in [5, 5.41) is 7.28. The fourth-order valence-corrected chi connectivity index (χ4v) is 6.79. The number of aryl methyl sites for hydroxylation is 2. The van der Waals surface area contributed by atoms with Crippen molar-refractivity contribution in [2.75, 3.05) is 18.9 Å². The Labute approximate surface area is 212 Å². The first-order chi connectivity index (χ1) is 17.4. The lowest BCUT2D eigenvalue weighted by Crippen LogP contribution is -2.48. The van der Waals surface area contributed by atoms with E-state index in [1.54, 1.807) is 29.5 Å². The minimum atomic E-state index is -1.41. The van der Waals surface area contributed by atoms with Gasteiger partial charge in [-0.3, -0.25) is 9.59 Å². The zero-order valence-electron chi connectivity index (χ0n) is 20.0. The maximum absolute atomic E-state index is 13.6. The third-order valence-electron chi connectivity index (χ3n) is 7.89. The van der Waals surface area contributed by atoms with Gasteiger partial charge in [-0.15, -0.1) is 11.3 Å². The molecule has 1 unspecified atom stereocenters. The number of fused-ring (bicyclic) bond motifs is 3. The van der Waals surface area contributed by atoms with Gasteiger partial charge in [0.05, 0.1) is 6.54 Å². The van der Waals surface area contributed by atoms with Crippen LogP contribution in [0.15, 0.2) is 29.6 Å². The molecule has 2 atom stereocenters. The Kier molecular flexibility index (Phi) is 5.51. The van der Waals surface area contributed by atoms with Crippen molar-refractivity contribution in [3.63, 3.8) is 0 Å². The summed E-state index contributed by atoms with van der Waals surface area (Å²) < 4.78 is 5.72. The van der Waals surface area contributed by atoms with Gasteiger partial charge in [-0.25, -0.2) is 14.5 Å². The van der Waals surface area contributed by atoms with Crippen molar-refractivity contribution in [2.24, 2.45) is 5.92 Å². The van der Waals surface area contributed by atoms with Crippen molar-refractivity contribution in [3.8, 4) is 0 Å². The van der Waals surface area contributed by atoms with Crippen molar-refractivity contribution in [1.29, 1.82) is 0 Å². The van der Waals surface area contributed by atoms with Gasteiger partial charge in [0.25, 0.3) is 5.91 Å². The first-order valence-electron chi connectivity index (χ1n) is 12.4. The van der Waals surface area contributed by atoms with Crippen molar-refractivity contribution in [1.82, 2.24) is 15.1 Å². The molecule has 1 saturated heterocycles. The molecule has 9 nitrogen and oxygen atoms in total. The molecular formula is C26H28N4O5S. The SMILES string of the molecule is CNC(=O)Nc1ccc2c(c1)CC[C@@]21OC(=O)N(CC(=O)N2Cc3sccc3CCC2C2CC2)C1=O. The Morgan fingerprint density at radius 3 is 2.75 bits per heavy atom. The number of anilines is 1. The molecule has 10 heteroatoms. The number of carbonyl (C=O) groups is 4. The summed E-state index contributed by atoms with van der Waals surface area (Å²) in [6.07, 6.45) is 4.15. The van der Waals surface area contributed by atoms with Crippen LogP contribution < -0.4 is 10.6 Å². The standard InChI is InChI=1S/C26H28N4O5S/c1-27-24(33)28-18-5-6-19-17(12-18)8-10-26(19)23(32)30(25(34)35-26)14-22(31)29-13-21-16(9-11-36-21)4-7-20(29)15-2-3-15/h5-6,9,11-12,15,20H,2-4,7-8,10,13-14H2,1H3,(H2,27,28,33)/t20?,26-/m1/s1. The molecule has 2 fully saturated rings. The fourth-order valence-electron chi connectivity index (χ4n) is 5.85. The number of rotatable bonds is 4. The molecule has 0 bridgehead atoms. The summed E-state index contributed by atoms with van der Waals surface area (Å²) in [6, 6.07) is 7.13. The second-order valence-corrected chi connectivity index (χ2v) is 11.0. The maximum Gasteiger partial charge on any atom is 0.418 e. The normalized spacial score (nSPS) is 24.9. The minimum absolute atomic E-state index is 0.137. The maximum atomic E-state index is 13.6. The van der Waals surface area contributed by atoms with E-state index in [2.05, 4.69) is 22.1 Å². The number of nitrogens with one attached hydrogen (secondary N) is 2. The third-order valence-corrected chi connectivity index (χ3v) is 8.83. The highest BCUT2D eigenvalue weighted by Gasteiger charge is 2.58. The summed E-state index contributed by atoms with van der Waals surface area (Å²) in [4.78, 5) is 55.8. The van der Waals surface area contributed by atoms with Crippen LogP contribution in [0, 0.1) is 5.92 Å². The zero-order valence-corrected chi connectivity index (χ0v) is 20.9. The number of amides is 5. The second kappa shape index (κ2) is 8.62. The largest absolute Gasteiger partial charge is 0.427 e. The summed E-state index contributed by atoms with van der Waals surface area (Å²) in [5.41, 5.74) is 1.93.